The molecule has 0 fully saturated rings. The maximum atomic E-state index is 13.5. The van der Waals surface area contributed by atoms with Gasteiger partial charge in [0.1, 0.15) is 11.4 Å². The third-order valence-electron chi connectivity index (χ3n) is 5.47. The Bertz CT molecular complexity index is 1200. The van der Waals surface area contributed by atoms with Crippen molar-refractivity contribution in [3.05, 3.63) is 65.2 Å². The van der Waals surface area contributed by atoms with E-state index in [0.717, 1.165) is 0 Å². The van der Waals surface area contributed by atoms with Gasteiger partial charge in [-0.1, -0.05) is 6.07 Å². The Labute approximate surface area is 183 Å². The van der Waals surface area contributed by atoms with Crippen LogP contribution in [0.3, 0.4) is 0 Å². The number of carbonyl (C=O) groups excluding carboxylic acids is 1. The van der Waals surface area contributed by atoms with Crippen molar-refractivity contribution in [2.75, 3.05) is 26.6 Å². The van der Waals surface area contributed by atoms with Crippen molar-refractivity contribution in [1.29, 1.82) is 0 Å². The molecule has 0 aliphatic carbocycles. The number of nitrogens with one attached hydrogen (secondary N) is 1. The van der Waals surface area contributed by atoms with Crippen LogP contribution in [0.15, 0.2) is 42.6 Å². The summed E-state index contributed by atoms with van der Waals surface area (Å²) in [4.78, 5) is 24.5. The number of anilines is 1. The second-order valence-corrected chi connectivity index (χ2v) is 7.18. The lowest BCUT2D eigenvalue weighted by Crippen LogP contribution is -2.26. The standard InChI is InChI=1S/C23H21FN2O6/c1-30-17-9-8-14(21(31-2)22(17)32-3)15-10-18(27)25-19-16(23(28)29)11-26(20(15)19)13-6-4-12(24)5-7-13/h4-9,11,15H,10H2,1-3H3,(H,25,27)(H,28,29). The van der Waals surface area contributed by atoms with Crippen LogP contribution >= 0.6 is 0 Å². The lowest BCUT2D eigenvalue weighted by atomic mass is 9.87. The highest BCUT2D eigenvalue weighted by atomic mass is 19.1. The van der Waals surface area contributed by atoms with Gasteiger partial charge in [-0.3, -0.25) is 4.79 Å². The van der Waals surface area contributed by atoms with Crippen LogP contribution in [0, 0.1) is 5.82 Å². The van der Waals surface area contributed by atoms with Gasteiger partial charge in [0, 0.05) is 29.8 Å². The molecule has 3 aromatic rings. The first-order valence-electron chi connectivity index (χ1n) is 9.72. The van der Waals surface area contributed by atoms with Gasteiger partial charge >= 0.3 is 5.97 Å². The van der Waals surface area contributed by atoms with E-state index in [-0.39, 0.29) is 23.6 Å². The lowest BCUT2D eigenvalue weighted by Gasteiger charge is -2.28. The molecule has 4 rings (SSSR count). The molecule has 9 heteroatoms. The molecule has 8 nitrogen and oxygen atoms in total. The Morgan fingerprint density at radius 2 is 1.75 bits per heavy atom. The molecule has 0 spiro atoms. The molecule has 1 aliphatic heterocycles. The molecule has 32 heavy (non-hydrogen) atoms. The Hall–Kier alpha value is -4.01. The fourth-order valence-corrected chi connectivity index (χ4v) is 4.10. The summed E-state index contributed by atoms with van der Waals surface area (Å²) in [7, 11) is 4.46. The minimum absolute atomic E-state index is 0.0448. The number of amides is 1. The summed E-state index contributed by atoms with van der Waals surface area (Å²) >= 11 is 0. The molecular weight excluding hydrogens is 419 g/mol. The molecule has 2 heterocycles. The molecule has 166 valence electrons. The number of benzene rings is 2. The van der Waals surface area contributed by atoms with Crippen LogP contribution in [0.5, 0.6) is 17.2 Å². The zero-order chi connectivity index (χ0) is 23.0. The van der Waals surface area contributed by atoms with Crippen molar-refractivity contribution in [3.8, 4) is 22.9 Å². The number of fused-ring (bicyclic) bond motifs is 1. The Morgan fingerprint density at radius 1 is 1.06 bits per heavy atom. The van der Waals surface area contributed by atoms with Crippen molar-refractivity contribution < 1.29 is 33.3 Å². The summed E-state index contributed by atoms with van der Waals surface area (Å²) < 4.78 is 31.6. The molecule has 1 amide bonds. The van der Waals surface area contributed by atoms with E-state index in [1.807, 2.05) is 0 Å². The molecule has 1 aliphatic rings. The number of carbonyl (C=O) groups is 2. The van der Waals surface area contributed by atoms with Crippen LogP contribution in [-0.2, 0) is 4.79 Å². The van der Waals surface area contributed by atoms with E-state index in [1.54, 1.807) is 28.8 Å². The number of aromatic nitrogens is 1. The maximum absolute atomic E-state index is 13.5. The SMILES string of the molecule is COc1ccc(C2CC(=O)Nc3c(C(=O)O)cn(-c4ccc(F)cc4)c32)c(OC)c1OC. The van der Waals surface area contributed by atoms with Crippen LogP contribution < -0.4 is 19.5 Å². The van der Waals surface area contributed by atoms with Crippen LogP contribution in [0.2, 0.25) is 0 Å². The van der Waals surface area contributed by atoms with Crippen LogP contribution in [-0.4, -0.2) is 42.9 Å². The molecule has 1 aromatic heterocycles. The third kappa shape index (κ3) is 3.41. The number of hydrogen-bond donors (Lipinski definition) is 2. The first-order valence-corrected chi connectivity index (χ1v) is 9.72. The third-order valence-corrected chi connectivity index (χ3v) is 5.47. The van der Waals surface area contributed by atoms with Crippen molar-refractivity contribution in [2.45, 2.75) is 12.3 Å². The van der Waals surface area contributed by atoms with E-state index >= 15 is 0 Å². The Kier molecular flexibility index (Phi) is 5.48. The van der Waals surface area contributed by atoms with E-state index in [1.165, 1.54) is 39.7 Å². The molecule has 2 N–H and O–H groups in total. The summed E-state index contributed by atoms with van der Waals surface area (Å²) in [5.41, 5.74) is 1.84. The van der Waals surface area contributed by atoms with Crippen molar-refractivity contribution in [1.82, 2.24) is 4.57 Å². The van der Waals surface area contributed by atoms with Gasteiger partial charge in [-0.15, -0.1) is 0 Å². The van der Waals surface area contributed by atoms with E-state index in [9.17, 15) is 19.1 Å². The monoisotopic (exact) mass is 440 g/mol. The molecule has 0 radical (unpaired) electrons. The molecule has 1 atom stereocenters. The first kappa shape index (κ1) is 21.2. The number of rotatable bonds is 6. The molecule has 1 unspecified atom stereocenters. The minimum Gasteiger partial charge on any atom is -0.493 e. The highest BCUT2D eigenvalue weighted by molar-refractivity contribution is 6.04. The van der Waals surface area contributed by atoms with Gasteiger partial charge in [0.25, 0.3) is 0 Å². The smallest absolute Gasteiger partial charge is 0.339 e. The number of carboxylic acid groups (broad SMARTS) is 1. The summed E-state index contributed by atoms with van der Waals surface area (Å²) in [6.07, 6.45) is 1.47. The Morgan fingerprint density at radius 3 is 2.34 bits per heavy atom. The summed E-state index contributed by atoms with van der Waals surface area (Å²) in [5, 5.41) is 12.4. The first-order chi connectivity index (χ1) is 15.4. The summed E-state index contributed by atoms with van der Waals surface area (Å²) in [6, 6.07) is 9.12. The minimum atomic E-state index is -1.19. The van der Waals surface area contributed by atoms with E-state index < -0.39 is 17.7 Å². The predicted octanol–water partition coefficient (Wildman–Crippen LogP) is 3.81. The van der Waals surface area contributed by atoms with Crippen molar-refractivity contribution >= 4 is 17.6 Å². The number of hydrogen-bond acceptors (Lipinski definition) is 5. The topological polar surface area (TPSA) is 99.0 Å². The van der Waals surface area contributed by atoms with Gasteiger partial charge in [0.05, 0.1) is 32.7 Å². The van der Waals surface area contributed by atoms with Crippen LogP contribution in [0.4, 0.5) is 10.1 Å². The second-order valence-electron chi connectivity index (χ2n) is 7.18. The fraction of sp³-hybridized carbons (Fsp3) is 0.217. The number of methoxy groups -OCH3 is 3. The maximum Gasteiger partial charge on any atom is 0.339 e. The Balaban J connectivity index is 2.00. The number of aromatic carboxylic acids is 1. The molecule has 0 bridgehead atoms. The van der Waals surface area contributed by atoms with E-state index in [4.69, 9.17) is 14.2 Å². The molecule has 0 saturated heterocycles. The second kappa shape index (κ2) is 8.26. The van der Waals surface area contributed by atoms with Gasteiger partial charge < -0.3 is 29.2 Å². The zero-order valence-corrected chi connectivity index (χ0v) is 17.6. The van der Waals surface area contributed by atoms with Crippen molar-refractivity contribution in [2.24, 2.45) is 0 Å². The number of nitrogens with zero attached hydrogens (tertiary/aromatic N) is 1. The van der Waals surface area contributed by atoms with E-state index in [0.29, 0.717) is 34.2 Å². The number of ether oxygens (including phenoxy) is 3. The predicted molar refractivity (Wildman–Crippen MR) is 114 cm³/mol. The average molecular weight is 440 g/mol. The number of carboxylic acids is 1. The fourth-order valence-electron chi connectivity index (χ4n) is 4.10. The van der Waals surface area contributed by atoms with Crippen LogP contribution in [0.1, 0.15) is 34.0 Å². The van der Waals surface area contributed by atoms with Gasteiger partial charge in [-0.05, 0) is 30.3 Å². The van der Waals surface area contributed by atoms with Crippen LogP contribution in [0.25, 0.3) is 5.69 Å². The van der Waals surface area contributed by atoms with Gasteiger partial charge in [-0.25, -0.2) is 9.18 Å². The van der Waals surface area contributed by atoms with Gasteiger partial charge in [0.2, 0.25) is 11.7 Å². The summed E-state index contributed by atoms with van der Waals surface area (Å²) in [5.74, 6) is -1.32. The normalized spacial score (nSPS) is 15.0. The van der Waals surface area contributed by atoms with Gasteiger partial charge in [-0.2, -0.15) is 0 Å². The zero-order valence-electron chi connectivity index (χ0n) is 17.6. The molecule has 2 aromatic carbocycles. The highest BCUT2D eigenvalue weighted by Crippen LogP contribution is 2.49. The average Bonchev–Trinajstić information content (AvgIpc) is 3.17. The lowest BCUT2D eigenvalue weighted by molar-refractivity contribution is -0.116. The van der Waals surface area contributed by atoms with E-state index in [2.05, 4.69) is 5.32 Å². The highest BCUT2D eigenvalue weighted by Gasteiger charge is 2.36. The quantitative estimate of drug-likeness (QED) is 0.605. The largest absolute Gasteiger partial charge is 0.493 e. The molecule has 0 saturated carbocycles. The number of halogens is 1. The van der Waals surface area contributed by atoms with Gasteiger partial charge in [0.15, 0.2) is 11.5 Å². The summed E-state index contributed by atoms with van der Waals surface area (Å²) in [6.45, 7) is 0. The molecular formula is C23H21FN2O6. The van der Waals surface area contributed by atoms with Crippen molar-refractivity contribution in [3.63, 3.8) is 0 Å².